The molecule has 0 spiro atoms. The number of carbonyl (C=O) groups is 1. The van der Waals surface area contributed by atoms with Crippen molar-refractivity contribution in [3.63, 3.8) is 0 Å². The second-order valence-corrected chi connectivity index (χ2v) is 7.73. The van der Waals surface area contributed by atoms with Crippen molar-refractivity contribution in [2.75, 3.05) is 44.2 Å². The van der Waals surface area contributed by atoms with Crippen LogP contribution in [0.25, 0.3) is 0 Å². The van der Waals surface area contributed by atoms with E-state index in [1.807, 2.05) is 4.90 Å². The molecule has 3 rings (SSSR count). The lowest BCUT2D eigenvalue weighted by atomic mass is 9.85. The van der Waals surface area contributed by atoms with Crippen molar-refractivity contribution in [1.29, 1.82) is 0 Å². The number of carbonyl (C=O) groups excluding carboxylic acids is 1. The molecule has 26 heavy (non-hydrogen) atoms. The Balaban J connectivity index is 0.00000169. The number of aromatic nitrogens is 2. The summed E-state index contributed by atoms with van der Waals surface area (Å²) in [5.74, 6) is 2.36. The first-order valence-electron chi connectivity index (χ1n) is 9.23. The second kappa shape index (κ2) is 11.3. The highest BCUT2D eigenvalue weighted by atomic mass is 35.5. The number of nitrogens with one attached hydrogen (secondary N) is 1. The molecule has 0 radical (unpaired) electrons. The molecule has 2 aliphatic rings. The van der Waals surface area contributed by atoms with Crippen molar-refractivity contribution in [2.45, 2.75) is 39.5 Å². The summed E-state index contributed by atoms with van der Waals surface area (Å²) in [4.78, 5) is 21.5. The zero-order valence-electron chi connectivity index (χ0n) is 15.6. The Kier molecular flexibility index (Phi) is 10.1. The second-order valence-electron chi connectivity index (χ2n) is 7.00. The third kappa shape index (κ3) is 5.94. The minimum atomic E-state index is 0. The number of piperazine rings is 1. The maximum atomic E-state index is 12.6. The van der Waals surface area contributed by atoms with Gasteiger partial charge in [-0.05, 0) is 37.8 Å². The summed E-state index contributed by atoms with van der Waals surface area (Å²) in [6.07, 6.45) is 4.06. The highest BCUT2D eigenvalue weighted by Gasteiger charge is 2.27. The number of halogens is 2. The molecule has 2 saturated heterocycles. The zero-order valence-corrected chi connectivity index (χ0v) is 18.1. The van der Waals surface area contributed by atoms with E-state index in [2.05, 4.69) is 33.4 Å². The fourth-order valence-corrected chi connectivity index (χ4v) is 4.40. The maximum absolute atomic E-state index is 12.6. The van der Waals surface area contributed by atoms with Gasteiger partial charge in [-0.15, -0.1) is 24.8 Å². The average molecular weight is 424 g/mol. The molecule has 1 N–H and O–H groups in total. The normalized spacial score (nSPS) is 21.5. The molecule has 0 aliphatic carbocycles. The van der Waals surface area contributed by atoms with Crippen LogP contribution < -0.4 is 10.2 Å². The van der Waals surface area contributed by atoms with Crippen LogP contribution in [-0.2, 0) is 11.2 Å². The smallest absolute Gasteiger partial charge is 0.222 e. The van der Waals surface area contributed by atoms with Crippen LogP contribution in [0.5, 0.6) is 0 Å². The van der Waals surface area contributed by atoms with Crippen molar-refractivity contribution in [2.24, 2.45) is 11.8 Å². The fraction of sp³-hybridized carbons (Fsp3) is 0.824. The van der Waals surface area contributed by atoms with E-state index < -0.39 is 0 Å². The predicted octanol–water partition coefficient (Wildman–Crippen LogP) is 2.62. The molecule has 2 aliphatic heterocycles. The van der Waals surface area contributed by atoms with E-state index in [0.29, 0.717) is 24.2 Å². The van der Waals surface area contributed by atoms with Crippen molar-refractivity contribution >= 4 is 47.4 Å². The van der Waals surface area contributed by atoms with Crippen LogP contribution in [0.15, 0.2) is 0 Å². The molecule has 150 valence electrons. The van der Waals surface area contributed by atoms with Gasteiger partial charge in [-0.1, -0.05) is 13.8 Å². The van der Waals surface area contributed by atoms with Gasteiger partial charge in [0.05, 0.1) is 0 Å². The lowest BCUT2D eigenvalue weighted by Gasteiger charge is -2.36. The van der Waals surface area contributed by atoms with Gasteiger partial charge in [-0.2, -0.15) is 4.37 Å². The molecule has 0 bridgehead atoms. The maximum Gasteiger partial charge on any atom is 0.222 e. The largest absolute Gasteiger partial charge is 0.343 e. The standard InChI is InChI=1S/C17H29N5OS.2ClH/c1-3-15-19-17(24-20-15)22-9-7-21(8-10-22)16(23)11-13(2)14-5-4-6-18-12-14;;/h13-14,18H,3-12H2,1-2H3;2*1H. The Bertz CT molecular complexity index is 545. The molecule has 6 nitrogen and oxygen atoms in total. The zero-order chi connectivity index (χ0) is 16.9. The van der Waals surface area contributed by atoms with Crippen LogP contribution in [0.4, 0.5) is 5.13 Å². The minimum absolute atomic E-state index is 0. The quantitative estimate of drug-likeness (QED) is 0.788. The van der Waals surface area contributed by atoms with Crippen LogP contribution in [-0.4, -0.2) is 59.4 Å². The monoisotopic (exact) mass is 423 g/mol. The first kappa shape index (κ1) is 23.4. The summed E-state index contributed by atoms with van der Waals surface area (Å²) in [5.41, 5.74) is 0. The number of hydrogen-bond acceptors (Lipinski definition) is 6. The summed E-state index contributed by atoms with van der Waals surface area (Å²) >= 11 is 1.47. The van der Waals surface area contributed by atoms with Gasteiger partial charge in [-0.3, -0.25) is 4.79 Å². The van der Waals surface area contributed by atoms with Gasteiger partial charge in [0.25, 0.3) is 0 Å². The first-order valence-corrected chi connectivity index (χ1v) is 10.0. The lowest BCUT2D eigenvalue weighted by Crippen LogP contribution is -2.49. The number of rotatable bonds is 5. The van der Waals surface area contributed by atoms with Gasteiger partial charge in [0.15, 0.2) is 0 Å². The van der Waals surface area contributed by atoms with E-state index in [1.54, 1.807) is 0 Å². The molecule has 3 heterocycles. The molecule has 2 fully saturated rings. The number of amides is 1. The molecular weight excluding hydrogens is 393 g/mol. The molecule has 1 amide bonds. The molecule has 0 aromatic carbocycles. The summed E-state index contributed by atoms with van der Waals surface area (Å²) in [7, 11) is 0. The van der Waals surface area contributed by atoms with Crippen LogP contribution >= 0.6 is 36.3 Å². The van der Waals surface area contributed by atoms with Crippen LogP contribution in [0.3, 0.4) is 0 Å². The molecule has 9 heteroatoms. The third-order valence-corrected chi connectivity index (χ3v) is 6.13. The van der Waals surface area contributed by atoms with Crippen molar-refractivity contribution in [3.05, 3.63) is 5.82 Å². The first-order chi connectivity index (χ1) is 11.7. The highest BCUT2D eigenvalue weighted by Crippen LogP contribution is 2.24. The topological polar surface area (TPSA) is 61.4 Å². The van der Waals surface area contributed by atoms with E-state index in [1.165, 1.54) is 24.4 Å². The van der Waals surface area contributed by atoms with Gasteiger partial charge >= 0.3 is 0 Å². The van der Waals surface area contributed by atoms with E-state index in [0.717, 1.165) is 56.6 Å². The Morgan fingerprint density at radius 1 is 1.31 bits per heavy atom. The van der Waals surface area contributed by atoms with Crippen LogP contribution in [0, 0.1) is 11.8 Å². The lowest BCUT2D eigenvalue weighted by molar-refractivity contribution is -0.132. The Morgan fingerprint density at radius 2 is 2.04 bits per heavy atom. The van der Waals surface area contributed by atoms with Crippen molar-refractivity contribution < 1.29 is 4.79 Å². The van der Waals surface area contributed by atoms with Gasteiger partial charge < -0.3 is 15.1 Å². The fourth-order valence-electron chi connectivity index (χ4n) is 3.60. The van der Waals surface area contributed by atoms with E-state index >= 15 is 0 Å². The molecular formula is C17H31Cl2N5OS. The third-order valence-electron chi connectivity index (χ3n) is 5.31. The molecule has 2 atom stereocenters. The van der Waals surface area contributed by atoms with E-state index in [4.69, 9.17) is 0 Å². The minimum Gasteiger partial charge on any atom is -0.343 e. The molecule has 1 aromatic heterocycles. The van der Waals surface area contributed by atoms with Crippen LogP contribution in [0.1, 0.15) is 38.9 Å². The number of piperidine rings is 1. The average Bonchev–Trinajstić information content (AvgIpc) is 3.11. The van der Waals surface area contributed by atoms with Crippen molar-refractivity contribution in [1.82, 2.24) is 19.6 Å². The molecule has 1 aromatic rings. The van der Waals surface area contributed by atoms with E-state index in [-0.39, 0.29) is 24.8 Å². The van der Waals surface area contributed by atoms with Gasteiger partial charge in [0.2, 0.25) is 11.0 Å². The summed E-state index contributed by atoms with van der Waals surface area (Å²) < 4.78 is 4.36. The molecule has 0 saturated carbocycles. The number of aryl methyl sites for hydroxylation is 1. The number of anilines is 1. The number of nitrogens with zero attached hydrogens (tertiary/aromatic N) is 4. The van der Waals surface area contributed by atoms with Gasteiger partial charge in [0, 0.05) is 50.6 Å². The summed E-state index contributed by atoms with van der Waals surface area (Å²) in [6.45, 7) is 9.84. The SMILES string of the molecule is CCc1nsc(N2CCN(C(=O)CC(C)C3CCCNC3)CC2)n1.Cl.Cl. The summed E-state index contributed by atoms with van der Waals surface area (Å²) in [5, 5.41) is 4.46. The Hall–Kier alpha value is -0.630. The van der Waals surface area contributed by atoms with E-state index in [9.17, 15) is 4.79 Å². The predicted molar refractivity (Wildman–Crippen MR) is 112 cm³/mol. The van der Waals surface area contributed by atoms with Gasteiger partial charge in [-0.25, -0.2) is 4.98 Å². The molecule has 2 unspecified atom stereocenters. The Labute approximate surface area is 173 Å². The highest BCUT2D eigenvalue weighted by molar-refractivity contribution is 7.09. The van der Waals surface area contributed by atoms with Crippen LogP contribution in [0.2, 0.25) is 0 Å². The summed E-state index contributed by atoms with van der Waals surface area (Å²) in [6, 6.07) is 0. The number of hydrogen-bond donors (Lipinski definition) is 1. The Morgan fingerprint density at radius 3 is 2.62 bits per heavy atom. The van der Waals surface area contributed by atoms with Crippen molar-refractivity contribution in [3.8, 4) is 0 Å². The van der Waals surface area contributed by atoms with Gasteiger partial charge in [0.1, 0.15) is 5.82 Å².